The highest BCUT2D eigenvalue weighted by Crippen LogP contribution is 2.25. The first-order valence-corrected chi connectivity index (χ1v) is 7.44. The normalized spacial score (nSPS) is 18.1. The number of hydrogen-bond acceptors (Lipinski definition) is 4. The molecule has 5 nitrogen and oxygen atoms in total. The number of carbonyl (C=O) groups excluding carboxylic acids is 1. The highest BCUT2D eigenvalue weighted by Gasteiger charge is 2.34. The van der Waals surface area contributed by atoms with E-state index in [9.17, 15) is 9.59 Å². The molecule has 1 heterocycles. The van der Waals surface area contributed by atoms with Gasteiger partial charge in [0.05, 0.1) is 0 Å². The topological polar surface area (TPSA) is 66.8 Å². The van der Waals surface area contributed by atoms with Crippen LogP contribution >= 0.6 is 23.4 Å². The predicted octanol–water partition coefficient (Wildman–Crippen LogP) is 2.01. The van der Waals surface area contributed by atoms with Crippen molar-refractivity contribution in [1.82, 2.24) is 4.90 Å². The van der Waals surface area contributed by atoms with E-state index in [-0.39, 0.29) is 12.5 Å². The fraction of sp³-hybridized carbons (Fsp3) is 0.385. The summed E-state index contributed by atoms with van der Waals surface area (Å²) in [4.78, 5) is 24.4. The van der Waals surface area contributed by atoms with Crippen LogP contribution in [0.1, 0.15) is 5.56 Å². The van der Waals surface area contributed by atoms with Crippen LogP contribution in [0, 0.1) is 6.92 Å². The highest BCUT2D eigenvalue weighted by atomic mass is 35.5. The van der Waals surface area contributed by atoms with Crippen molar-refractivity contribution in [3.05, 3.63) is 28.8 Å². The number of halogens is 1. The summed E-state index contributed by atoms with van der Waals surface area (Å²) in [6.45, 7) is 2.09. The number of thioether (sulfide) groups is 1. The highest BCUT2D eigenvalue weighted by molar-refractivity contribution is 8.00. The minimum atomic E-state index is -0.997. The first-order valence-electron chi connectivity index (χ1n) is 6.02. The Kier molecular flexibility index (Phi) is 4.77. The lowest BCUT2D eigenvalue weighted by Crippen LogP contribution is -2.41. The smallest absolute Gasteiger partial charge is 0.337 e. The molecule has 1 fully saturated rings. The van der Waals surface area contributed by atoms with Gasteiger partial charge in [-0.1, -0.05) is 11.6 Å². The molecule has 1 aromatic carbocycles. The van der Waals surface area contributed by atoms with Crippen molar-refractivity contribution in [3.63, 3.8) is 0 Å². The molecule has 1 unspecified atom stereocenters. The SMILES string of the molecule is Cc1cc(Cl)ccc1OCC(=O)N1CCSC1C(=O)O. The lowest BCUT2D eigenvalue weighted by molar-refractivity contribution is -0.146. The molecular formula is C13H14ClNO4S. The second-order valence-electron chi connectivity index (χ2n) is 4.35. The zero-order valence-electron chi connectivity index (χ0n) is 10.8. The van der Waals surface area contributed by atoms with Crippen LogP contribution in [0.4, 0.5) is 0 Å². The molecule has 1 aliphatic rings. The number of carbonyl (C=O) groups is 2. The molecule has 0 aliphatic carbocycles. The fourth-order valence-electron chi connectivity index (χ4n) is 1.93. The van der Waals surface area contributed by atoms with Crippen LogP contribution in [0.3, 0.4) is 0 Å². The molecule has 1 N–H and O–H groups in total. The van der Waals surface area contributed by atoms with E-state index in [1.807, 2.05) is 6.92 Å². The first-order chi connectivity index (χ1) is 9.49. The van der Waals surface area contributed by atoms with Crippen molar-refractivity contribution in [2.75, 3.05) is 18.9 Å². The molecule has 2 rings (SSSR count). The first kappa shape index (κ1) is 15.0. The summed E-state index contributed by atoms with van der Waals surface area (Å²) >= 11 is 7.08. The van der Waals surface area contributed by atoms with E-state index in [0.29, 0.717) is 23.1 Å². The zero-order valence-corrected chi connectivity index (χ0v) is 12.4. The molecule has 0 bridgehead atoms. The lowest BCUT2D eigenvalue weighted by Gasteiger charge is -2.20. The van der Waals surface area contributed by atoms with Crippen LogP contribution in [0.25, 0.3) is 0 Å². The minimum absolute atomic E-state index is 0.174. The predicted molar refractivity (Wildman–Crippen MR) is 77.3 cm³/mol. The van der Waals surface area contributed by atoms with Gasteiger partial charge < -0.3 is 14.7 Å². The second-order valence-corrected chi connectivity index (χ2v) is 5.97. The van der Waals surface area contributed by atoms with Gasteiger partial charge in [-0.3, -0.25) is 4.79 Å². The van der Waals surface area contributed by atoms with Crippen molar-refractivity contribution < 1.29 is 19.4 Å². The molecule has 0 saturated carbocycles. The van der Waals surface area contributed by atoms with Crippen LogP contribution < -0.4 is 4.74 Å². The van der Waals surface area contributed by atoms with E-state index in [1.54, 1.807) is 18.2 Å². The van der Waals surface area contributed by atoms with Crippen LogP contribution in [0.15, 0.2) is 18.2 Å². The average Bonchev–Trinajstić information content (AvgIpc) is 2.86. The van der Waals surface area contributed by atoms with Crippen LogP contribution in [0.5, 0.6) is 5.75 Å². The molecule has 0 aromatic heterocycles. The summed E-state index contributed by atoms with van der Waals surface area (Å²) in [5.41, 5.74) is 0.830. The molecule has 0 spiro atoms. The Balaban J connectivity index is 1.96. The van der Waals surface area contributed by atoms with Gasteiger partial charge in [0.15, 0.2) is 12.0 Å². The Hall–Kier alpha value is -1.40. The van der Waals surface area contributed by atoms with E-state index in [4.69, 9.17) is 21.4 Å². The number of benzene rings is 1. The maximum atomic E-state index is 12.0. The van der Waals surface area contributed by atoms with Crippen LogP contribution in [-0.4, -0.2) is 46.2 Å². The molecule has 0 radical (unpaired) electrons. The third kappa shape index (κ3) is 3.37. The molecule has 7 heteroatoms. The molecule has 1 amide bonds. The van der Waals surface area contributed by atoms with Gasteiger partial charge in [-0.25, -0.2) is 4.79 Å². The Morgan fingerprint density at radius 3 is 2.95 bits per heavy atom. The summed E-state index contributed by atoms with van der Waals surface area (Å²) in [5, 5.41) is 8.81. The number of aryl methyl sites for hydroxylation is 1. The summed E-state index contributed by atoms with van der Waals surface area (Å²) < 4.78 is 5.44. The molecule has 1 aromatic rings. The lowest BCUT2D eigenvalue weighted by atomic mass is 10.2. The second kappa shape index (κ2) is 6.37. The number of carboxylic acids is 1. The monoisotopic (exact) mass is 315 g/mol. The van der Waals surface area contributed by atoms with Gasteiger partial charge in [-0.2, -0.15) is 0 Å². The van der Waals surface area contributed by atoms with Gasteiger partial charge in [-0.15, -0.1) is 11.8 Å². The molecular weight excluding hydrogens is 302 g/mol. The largest absolute Gasteiger partial charge is 0.483 e. The van der Waals surface area contributed by atoms with Crippen LogP contribution in [-0.2, 0) is 9.59 Å². The number of aliphatic carboxylic acids is 1. The standard InChI is InChI=1S/C13H14ClNO4S/c1-8-6-9(14)2-3-10(8)19-7-11(16)15-4-5-20-12(15)13(17)18/h2-3,6,12H,4-5,7H2,1H3,(H,17,18). The molecule has 20 heavy (non-hydrogen) atoms. The van der Waals surface area contributed by atoms with Crippen molar-refractivity contribution in [1.29, 1.82) is 0 Å². The Morgan fingerprint density at radius 1 is 1.55 bits per heavy atom. The van der Waals surface area contributed by atoms with Gasteiger partial charge in [0.2, 0.25) is 0 Å². The van der Waals surface area contributed by atoms with Gasteiger partial charge in [0.25, 0.3) is 5.91 Å². The number of ether oxygens (including phenoxy) is 1. The number of hydrogen-bond donors (Lipinski definition) is 1. The van der Waals surface area contributed by atoms with Crippen molar-refractivity contribution >= 4 is 35.2 Å². The van der Waals surface area contributed by atoms with Crippen molar-refractivity contribution in [2.45, 2.75) is 12.3 Å². The quantitative estimate of drug-likeness (QED) is 0.920. The number of nitrogens with zero attached hydrogens (tertiary/aromatic N) is 1. The van der Waals surface area contributed by atoms with Crippen molar-refractivity contribution in [3.8, 4) is 5.75 Å². The molecule has 108 valence electrons. The van der Waals surface area contributed by atoms with E-state index in [2.05, 4.69) is 0 Å². The van der Waals surface area contributed by atoms with E-state index >= 15 is 0 Å². The summed E-state index contributed by atoms with van der Waals surface area (Å²) in [5.74, 6) is -0.121. The van der Waals surface area contributed by atoms with Gasteiger partial charge in [0, 0.05) is 17.3 Å². The Bertz CT molecular complexity index is 537. The van der Waals surface area contributed by atoms with Gasteiger partial charge in [0.1, 0.15) is 5.75 Å². The maximum Gasteiger partial charge on any atom is 0.337 e. The molecule has 1 saturated heterocycles. The minimum Gasteiger partial charge on any atom is -0.483 e. The van der Waals surface area contributed by atoms with Crippen LogP contribution in [0.2, 0.25) is 5.02 Å². The third-order valence-corrected chi connectivity index (χ3v) is 4.34. The van der Waals surface area contributed by atoms with E-state index in [1.165, 1.54) is 16.7 Å². The van der Waals surface area contributed by atoms with E-state index < -0.39 is 11.3 Å². The van der Waals surface area contributed by atoms with Crippen molar-refractivity contribution in [2.24, 2.45) is 0 Å². The van der Waals surface area contributed by atoms with Gasteiger partial charge >= 0.3 is 5.97 Å². The van der Waals surface area contributed by atoms with E-state index in [0.717, 1.165) is 5.56 Å². The number of carboxylic acid groups (broad SMARTS) is 1. The summed E-state index contributed by atoms with van der Waals surface area (Å²) in [6, 6.07) is 5.12. The van der Waals surface area contributed by atoms with Gasteiger partial charge in [-0.05, 0) is 30.7 Å². The number of rotatable bonds is 4. The number of amides is 1. The summed E-state index contributed by atoms with van der Waals surface area (Å²) in [6.07, 6.45) is 0. The molecule has 1 aliphatic heterocycles. The zero-order chi connectivity index (χ0) is 14.7. The third-order valence-electron chi connectivity index (χ3n) is 2.91. The maximum absolute atomic E-state index is 12.0. The Morgan fingerprint density at radius 2 is 2.30 bits per heavy atom. The molecule has 1 atom stereocenters. The average molecular weight is 316 g/mol. The Labute approximate surface area is 125 Å². The summed E-state index contributed by atoms with van der Waals surface area (Å²) in [7, 11) is 0. The fourth-order valence-corrected chi connectivity index (χ4v) is 3.22.